The summed E-state index contributed by atoms with van der Waals surface area (Å²) >= 11 is 6.29. The number of rotatable bonds is 5. The summed E-state index contributed by atoms with van der Waals surface area (Å²) in [5.74, 6) is 0.489. The minimum absolute atomic E-state index is 0.0373. The number of piperazine rings is 1. The number of nitrogens with zero attached hydrogens (tertiary/aromatic N) is 2. The largest absolute Gasteiger partial charge is 0.497 e. The summed E-state index contributed by atoms with van der Waals surface area (Å²) in [5.41, 5.74) is 0.299. The van der Waals surface area contributed by atoms with Crippen LogP contribution in [0.1, 0.15) is 25.8 Å². The predicted octanol–water partition coefficient (Wildman–Crippen LogP) is 5.72. The zero-order chi connectivity index (χ0) is 25.5. The van der Waals surface area contributed by atoms with Crippen LogP contribution < -0.4 is 15.0 Å². The molecule has 2 heterocycles. The summed E-state index contributed by atoms with van der Waals surface area (Å²) in [6.45, 7) is 12.6. The third-order valence-corrected chi connectivity index (χ3v) is 7.06. The number of anilines is 1. The van der Waals surface area contributed by atoms with Crippen LogP contribution >= 0.6 is 11.6 Å². The second-order valence-electron chi connectivity index (χ2n) is 6.92. The molecule has 0 atom stereocenters. The Labute approximate surface area is 204 Å². The molecule has 6 nitrogen and oxygen atoms in total. The van der Waals surface area contributed by atoms with Gasteiger partial charge in [0.25, 0.3) is 16.4 Å². The summed E-state index contributed by atoms with van der Waals surface area (Å²) in [5, 5.41) is 3.69. The topological polar surface area (TPSA) is 63.6 Å². The first-order valence-electron chi connectivity index (χ1n) is 10.8. The predicted molar refractivity (Wildman–Crippen MR) is 135 cm³/mol. The van der Waals surface area contributed by atoms with Crippen LogP contribution in [-0.2, 0) is 10.0 Å². The van der Waals surface area contributed by atoms with Crippen LogP contribution in [0.25, 0.3) is 10.9 Å². The van der Waals surface area contributed by atoms with Crippen molar-refractivity contribution < 1.29 is 21.9 Å². The molecular formula is C24H30ClF2N3O3S. The van der Waals surface area contributed by atoms with Crippen molar-refractivity contribution in [3.8, 4) is 5.75 Å². The average Bonchev–Trinajstić information content (AvgIpc) is 3.27. The molecule has 0 saturated carbocycles. The first-order chi connectivity index (χ1) is 16.3. The molecule has 34 heavy (non-hydrogen) atoms. The van der Waals surface area contributed by atoms with Crippen molar-refractivity contribution in [1.82, 2.24) is 9.29 Å². The van der Waals surface area contributed by atoms with Gasteiger partial charge in [-0.25, -0.2) is 21.2 Å². The van der Waals surface area contributed by atoms with Gasteiger partial charge in [-0.2, -0.15) is 0 Å². The van der Waals surface area contributed by atoms with Gasteiger partial charge in [-0.05, 0) is 36.4 Å². The fourth-order valence-electron chi connectivity index (χ4n) is 3.69. The van der Waals surface area contributed by atoms with Gasteiger partial charge in [0.1, 0.15) is 5.75 Å². The van der Waals surface area contributed by atoms with Crippen molar-refractivity contribution in [2.24, 2.45) is 0 Å². The molecule has 0 aliphatic carbocycles. The molecule has 1 N–H and O–H groups in total. The molecule has 1 aromatic heterocycles. The zero-order valence-electron chi connectivity index (χ0n) is 19.5. The van der Waals surface area contributed by atoms with Gasteiger partial charge in [0.05, 0.1) is 17.5 Å². The van der Waals surface area contributed by atoms with Crippen molar-refractivity contribution in [2.45, 2.75) is 25.2 Å². The first-order valence-corrected chi connectivity index (χ1v) is 12.6. The molecule has 2 aromatic carbocycles. The van der Waals surface area contributed by atoms with E-state index in [1.165, 1.54) is 37.4 Å². The lowest BCUT2D eigenvalue weighted by molar-refractivity contribution is 0.153. The second-order valence-corrected chi connectivity index (χ2v) is 9.17. The Hall–Kier alpha value is -2.62. The van der Waals surface area contributed by atoms with Gasteiger partial charge in [-0.3, -0.25) is 0 Å². The van der Waals surface area contributed by atoms with E-state index in [-0.39, 0.29) is 26.4 Å². The summed E-state index contributed by atoms with van der Waals surface area (Å²) in [6.07, 6.45) is -1.85. The highest BCUT2D eigenvalue weighted by atomic mass is 35.5. The smallest absolute Gasteiger partial charge is 0.268 e. The number of methoxy groups -OCH3 is 1. The molecule has 186 valence electrons. The highest BCUT2D eigenvalue weighted by Crippen LogP contribution is 2.40. The molecule has 0 amide bonds. The minimum atomic E-state index is -4.13. The Morgan fingerprint density at radius 1 is 1.09 bits per heavy atom. The summed E-state index contributed by atoms with van der Waals surface area (Å²) in [4.78, 5) is 1.91. The maximum atomic E-state index is 14.0. The van der Waals surface area contributed by atoms with Crippen molar-refractivity contribution >= 4 is 38.2 Å². The monoisotopic (exact) mass is 513 g/mol. The zero-order valence-corrected chi connectivity index (χ0v) is 21.1. The Morgan fingerprint density at radius 3 is 2.21 bits per heavy atom. The van der Waals surface area contributed by atoms with E-state index in [2.05, 4.69) is 18.5 Å². The lowest BCUT2D eigenvalue weighted by atomic mass is 10.1. The van der Waals surface area contributed by atoms with Crippen LogP contribution in [0.4, 0.5) is 14.5 Å². The summed E-state index contributed by atoms with van der Waals surface area (Å²) < 4.78 is 60.5. The van der Waals surface area contributed by atoms with E-state index < -0.39 is 16.4 Å². The van der Waals surface area contributed by atoms with Crippen molar-refractivity contribution in [3.63, 3.8) is 0 Å². The van der Waals surface area contributed by atoms with E-state index in [4.69, 9.17) is 16.3 Å². The van der Waals surface area contributed by atoms with E-state index in [0.717, 1.165) is 10.2 Å². The molecule has 0 spiro atoms. The van der Waals surface area contributed by atoms with Gasteiger partial charge >= 0.3 is 0 Å². The second kappa shape index (κ2) is 12.2. The van der Waals surface area contributed by atoms with Gasteiger partial charge in [-0.15, -0.1) is 13.2 Å². The molecule has 3 aromatic rings. The van der Waals surface area contributed by atoms with Crippen LogP contribution in [0.3, 0.4) is 0 Å². The molecule has 0 radical (unpaired) electrons. The van der Waals surface area contributed by atoms with E-state index in [0.29, 0.717) is 37.6 Å². The van der Waals surface area contributed by atoms with Gasteiger partial charge in [-0.1, -0.05) is 25.4 Å². The van der Waals surface area contributed by atoms with Crippen LogP contribution in [-0.4, -0.2) is 45.7 Å². The number of halogens is 3. The molecule has 0 unspecified atom stereocenters. The standard InChI is InChI=1S/C20H20ClF2N3O3S.C2H6.C2H4/c1-29-14-2-4-15(5-3-14)30(27,28)26-12-16(20(22)23)19-17(10-13(21)11-18(19)26)25-8-6-24-7-9-25;2*1-2/h2-5,10-12,20,24H,6-9H2,1H3;1-2H3;1-2H2. The van der Waals surface area contributed by atoms with Crippen molar-refractivity contribution in [3.05, 3.63) is 66.3 Å². The Kier molecular flexibility index (Phi) is 9.90. The highest BCUT2D eigenvalue weighted by Gasteiger charge is 2.28. The van der Waals surface area contributed by atoms with E-state index in [1.54, 1.807) is 6.07 Å². The summed E-state index contributed by atoms with van der Waals surface area (Å²) in [6, 6.07) is 8.80. The van der Waals surface area contributed by atoms with Crippen molar-refractivity contribution in [2.75, 3.05) is 38.2 Å². The molecule has 1 aliphatic heterocycles. The number of hydrogen-bond acceptors (Lipinski definition) is 5. The molecule has 1 saturated heterocycles. The molecule has 1 fully saturated rings. The van der Waals surface area contributed by atoms with E-state index in [9.17, 15) is 17.2 Å². The fraction of sp³-hybridized carbons (Fsp3) is 0.333. The first kappa shape index (κ1) is 27.6. The van der Waals surface area contributed by atoms with Gasteiger partial charge < -0.3 is 15.0 Å². The normalized spacial score (nSPS) is 13.7. The molecule has 4 rings (SSSR count). The average molecular weight is 514 g/mol. The number of aromatic nitrogens is 1. The number of hydrogen-bond donors (Lipinski definition) is 1. The Morgan fingerprint density at radius 2 is 1.68 bits per heavy atom. The maximum absolute atomic E-state index is 14.0. The SMILES string of the molecule is C=C.CC.COc1ccc(S(=O)(=O)n2cc(C(F)F)c3c(N4CCNCC4)cc(Cl)cc32)cc1. The highest BCUT2D eigenvalue weighted by molar-refractivity contribution is 7.90. The number of ether oxygens (including phenoxy) is 1. The van der Waals surface area contributed by atoms with Crippen LogP contribution in [0, 0.1) is 0 Å². The molecular weight excluding hydrogens is 484 g/mol. The molecule has 10 heteroatoms. The van der Waals surface area contributed by atoms with Gasteiger partial charge in [0.2, 0.25) is 0 Å². The van der Waals surface area contributed by atoms with Crippen LogP contribution in [0.15, 0.2) is 60.6 Å². The molecule has 1 aliphatic rings. The number of benzene rings is 2. The lowest BCUT2D eigenvalue weighted by Crippen LogP contribution is -2.43. The van der Waals surface area contributed by atoms with E-state index in [1.807, 2.05) is 18.7 Å². The maximum Gasteiger partial charge on any atom is 0.268 e. The number of nitrogens with one attached hydrogen (secondary N) is 1. The third-order valence-electron chi connectivity index (χ3n) is 5.15. The lowest BCUT2D eigenvalue weighted by Gasteiger charge is -2.30. The molecule has 0 bridgehead atoms. The Bertz CT molecular complexity index is 1190. The quantitative estimate of drug-likeness (QED) is 0.442. The Balaban J connectivity index is 0.000000970. The van der Waals surface area contributed by atoms with Crippen LogP contribution in [0.5, 0.6) is 5.75 Å². The van der Waals surface area contributed by atoms with Gasteiger partial charge in [0.15, 0.2) is 0 Å². The third kappa shape index (κ3) is 5.54. The van der Waals surface area contributed by atoms with Crippen molar-refractivity contribution in [1.29, 1.82) is 0 Å². The number of alkyl halides is 2. The summed E-state index contributed by atoms with van der Waals surface area (Å²) in [7, 11) is -2.66. The fourth-order valence-corrected chi connectivity index (χ4v) is 5.26. The number of fused-ring (bicyclic) bond motifs is 1. The van der Waals surface area contributed by atoms with Crippen LogP contribution in [0.2, 0.25) is 5.02 Å². The minimum Gasteiger partial charge on any atom is -0.497 e. The van der Waals surface area contributed by atoms with E-state index >= 15 is 0 Å². The van der Waals surface area contributed by atoms with Gasteiger partial charge in [0, 0.05) is 54.0 Å².